The Labute approximate surface area is 184 Å². The van der Waals surface area contributed by atoms with Gasteiger partial charge >= 0.3 is 0 Å². The van der Waals surface area contributed by atoms with Crippen molar-refractivity contribution in [3.63, 3.8) is 0 Å². The smallest absolute Gasteiger partial charge is 0.160 e. The van der Waals surface area contributed by atoms with Gasteiger partial charge in [-0.1, -0.05) is 6.07 Å². The third-order valence-electron chi connectivity index (χ3n) is 5.66. The molecule has 0 fully saturated rings. The summed E-state index contributed by atoms with van der Waals surface area (Å²) in [4.78, 5) is 0. The second-order valence-corrected chi connectivity index (χ2v) is 7.22. The molecule has 0 unspecified atom stereocenters. The minimum atomic E-state index is -0.708. The summed E-state index contributed by atoms with van der Waals surface area (Å²) >= 11 is 0. The number of hydrogen-bond donors (Lipinski definition) is 1. The van der Waals surface area contributed by atoms with Crippen LogP contribution in [-0.2, 0) is 33.8 Å². The molecule has 0 atom stereocenters. The number of rotatable bonds is 12. The zero-order valence-corrected chi connectivity index (χ0v) is 19.3. The zero-order valence-electron chi connectivity index (χ0n) is 19.3. The summed E-state index contributed by atoms with van der Waals surface area (Å²) in [5, 5.41) is 10.1. The normalized spacial score (nSPS) is 21.1. The van der Waals surface area contributed by atoms with Crippen molar-refractivity contribution >= 4 is 0 Å². The number of methoxy groups -OCH3 is 7. The lowest BCUT2D eigenvalue weighted by Gasteiger charge is -2.38. The van der Waals surface area contributed by atoms with Gasteiger partial charge in [0, 0.05) is 46.7 Å². The largest absolute Gasteiger partial charge is 0.504 e. The van der Waals surface area contributed by atoms with E-state index >= 15 is 0 Å². The lowest BCUT2D eigenvalue weighted by atomic mass is 9.71. The molecule has 1 aliphatic carbocycles. The van der Waals surface area contributed by atoms with E-state index in [-0.39, 0.29) is 11.7 Å². The highest BCUT2D eigenvalue weighted by Gasteiger charge is 2.41. The summed E-state index contributed by atoms with van der Waals surface area (Å²) in [6.45, 7) is 0. The fraction of sp³-hybridized carbons (Fsp3) is 0.565. The molecule has 0 saturated carbocycles. The van der Waals surface area contributed by atoms with Crippen LogP contribution in [-0.4, -0.2) is 67.5 Å². The van der Waals surface area contributed by atoms with E-state index in [1.54, 1.807) is 54.8 Å². The lowest BCUT2D eigenvalue weighted by molar-refractivity contribution is -0.116. The predicted octanol–water partition coefficient (Wildman–Crippen LogP) is 3.35. The van der Waals surface area contributed by atoms with E-state index in [0.717, 1.165) is 5.56 Å². The molecule has 0 heterocycles. The lowest BCUT2D eigenvalue weighted by Crippen LogP contribution is -2.35. The van der Waals surface area contributed by atoms with Crippen molar-refractivity contribution in [1.82, 2.24) is 0 Å². The molecular weight excluding hydrogens is 404 g/mol. The Bertz CT molecular complexity index is 743. The van der Waals surface area contributed by atoms with Crippen molar-refractivity contribution in [2.24, 2.45) is 5.92 Å². The minimum absolute atomic E-state index is 0.0556. The number of ether oxygens (including phenoxy) is 7. The molecule has 174 valence electrons. The second kappa shape index (κ2) is 11.4. The van der Waals surface area contributed by atoms with Crippen LogP contribution in [0.4, 0.5) is 0 Å². The van der Waals surface area contributed by atoms with Gasteiger partial charge < -0.3 is 38.3 Å². The number of hydrogen-bond acceptors (Lipinski definition) is 8. The van der Waals surface area contributed by atoms with Crippen LogP contribution in [0.5, 0.6) is 11.5 Å². The Hall–Kier alpha value is -2.26. The Morgan fingerprint density at radius 2 is 1.35 bits per heavy atom. The van der Waals surface area contributed by atoms with Crippen LogP contribution in [0.15, 0.2) is 41.9 Å². The van der Waals surface area contributed by atoms with Gasteiger partial charge in [0.1, 0.15) is 11.5 Å². The zero-order chi connectivity index (χ0) is 23.0. The van der Waals surface area contributed by atoms with Gasteiger partial charge in [0.25, 0.3) is 0 Å². The Balaban J connectivity index is 2.65. The average Bonchev–Trinajstić information content (AvgIpc) is 2.81. The first-order chi connectivity index (χ1) is 14.9. The summed E-state index contributed by atoms with van der Waals surface area (Å²) in [7, 11) is 11.1. The van der Waals surface area contributed by atoms with Crippen LogP contribution in [0, 0.1) is 5.92 Å². The first-order valence-corrected chi connectivity index (χ1v) is 9.93. The molecule has 31 heavy (non-hydrogen) atoms. The first-order valence-electron chi connectivity index (χ1n) is 9.93. The average molecular weight is 439 g/mol. The standard InChI is InChI=1S/C23H34O8/c1-25-18-10-15(8-9-17(18)24)23(14-22(30-6)31-7)12-19(26-2)16(20(13-23)27-3)11-21(28-4)29-5/h8-10,12-13,16,21-22,24H,11,14H2,1-7H3. The van der Waals surface area contributed by atoms with Gasteiger partial charge in [-0.25, -0.2) is 0 Å². The highest BCUT2D eigenvalue weighted by atomic mass is 16.7. The van der Waals surface area contributed by atoms with Crippen LogP contribution in [0.1, 0.15) is 18.4 Å². The molecule has 8 nitrogen and oxygen atoms in total. The maximum Gasteiger partial charge on any atom is 0.160 e. The highest BCUT2D eigenvalue weighted by Crippen LogP contribution is 2.45. The maximum atomic E-state index is 10.1. The van der Waals surface area contributed by atoms with Crippen molar-refractivity contribution in [3.05, 3.63) is 47.4 Å². The molecule has 0 bridgehead atoms. The summed E-state index contributed by atoms with van der Waals surface area (Å²) in [5.41, 5.74) is 0.152. The third-order valence-corrected chi connectivity index (χ3v) is 5.66. The molecule has 0 aromatic heterocycles. The molecule has 1 N–H and O–H groups in total. The van der Waals surface area contributed by atoms with Crippen LogP contribution in [0.3, 0.4) is 0 Å². The van der Waals surface area contributed by atoms with Crippen LogP contribution >= 0.6 is 0 Å². The number of allylic oxidation sites excluding steroid dienone is 2. The Morgan fingerprint density at radius 1 is 0.806 bits per heavy atom. The fourth-order valence-electron chi connectivity index (χ4n) is 3.91. The van der Waals surface area contributed by atoms with Gasteiger partial charge in [0.2, 0.25) is 0 Å². The molecule has 1 aromatic carbocycles. The molecule has 8 heteroatoms. The molecule has 1 aliphatic rings. The molecule has 2 rings (SSSR count). The van der Waals surface area contributed by atoms with E-state index in [1.807, 2.05) is 18.2 Å². The van der Waals surface area contributed by atoms with Crippen LogP contribution < -0.4 is 4.74 Å². The molecule has 0 spiro atoms. The number of benzene rings is 1. The molecule has 0 saturated heterocycles. The highest BCUT2D eigenvalue weighted by molar-refractivity contribution is 5.50. The van der Waals surface area contributed by atoms with E-state index in [1.165, 1.54) is 7.11 Å². The number of phenols is 1. The van der Waals surface area contributed by atoms with Gasteiger partial charge in [-0.2, -0.15) is 0 Å². The quantitative estimate of drug-likeness (QED) is 0.498. The molecule has 0 amide bonds. The first kappa shape index (κ1) is 25.0. The fourth-order valence-corrected chi connectivity index (χ4v) is 3.91. The van der Waals surface area contributed by atoms with Crippen molar-refractivity contribution in [2.45, 2.75) is 30.8 Å². The maximum absolute atomic E-state index is 10.1. The predicted molar refractivity (Wildman–Crippen MR) is 115 cm³/mol. The minimum Gasteiger partial charge on any atom is -0.504 e. The Morgan fingerprint density at radius 3 is 1.81 bits per heavy atom. The molecule has 1 aromatic rings. The molecule has 0 aliphatic heterocycles. The Kier molecular flexibility index (Phi) is 9.18. The second-order valence-electron chi connectivity index (χ2n) is 7.22. The van der Waals surface area contributed by atoms with E-state index < -0.39 is 18.0 Å². The third kappa shape index (κ3) is 5.51. The van der Waals surface area contributed by atoms with Crippen molar-refractivity contribution in [3.8, 4) is 11.5 Å². The van der Waals surface area contributed by atoms with Gasteiger partial charge in [-0.15, -0.1) is 0 Å². The number of phenolic OH excluding ortho intramolecular Hbond substituents is 1. The topological polar surface area (TPSA) is 84.8 Å². The monoisotopic (exact) mass is 438 g/mol. The van der Waals surface area contributed by atoms with Crippen LogP contribution in [0.2, 0.25) is 0 Å². The van der Waals surface area contributed by atoms with Gasteiger partial charge in [-0.05, 0) is 29.8 Å². The number of aromatic hydroxyl groups is 1. The SMILES string of the molecule is COC1=CC(CC(OC)OC)(c2ccc(O)c(OC)c2)C=C(OC)C1CC(OC)OC. The van der Waals surface area contributed by atoms with Gasteiger partial charge in [0.15, 0.2) is 24.1 Å². The molecular formula is C23H34O8. The molecule has 0 radical (unpaired) electrons. The van der Waals surface area contributed by atoms with E-state index in [2.05, 4.69) is 0 Å². The van der Waals surface area contributed by atoms with Crippen molar-refractivity contribution < 1.29 is 38.3 Å². The summed E-state index contributed by atoms with van der Waals surface area (Å²) in [5.74, 6) is 1.63. The summed E-state index contributed by atoms with van der Waals surface area (Å²) in [6, 6.07) is 5.23. The van der Waals surface area contributed by atoms with Crippen molar-refractivity contribution in [2.75, 3.05) is 49.8 Å². The van der Waals surface area contributed by atoms with Crippen molar-refractivity contribution in [1.29, 1.82) is 0 Å². The van der Waals surface area contributed by atoms with E-state index in [0.29, 0.717) is 30.1 Å². The summed E-state index contributed by atoms with van der Waals surface area (Å²) in [6.07, 6.45) is 4.09. The van der Waals surface area contributed by atoms with Gasteiger partial charge in [-0.3, -0.25) is 0 Å². The van der Waals surface area contributed by atoms with E-state index in [4.69, 9.17) is 33.2 Å². The summed E-state index contributed by atoms with van der Waals surface area (Å²) < 4.78 is 38.7. The van der Waals surface area contributed by atoms with E-state index in [9.17, 15) is 5.11 Å². The van der Waals surface area contributed by atoms with Crippen LogP contribution in [0.25, 0.3) is 0 Å². The van der Waals surface area contributed by atoms with Gasteiger partial charge in [0.05, 0.1) is 27.2 Å².